The summed E-state index contributed by atoms with van der Waals surface area (Å²) in [6.07, 6.45) is -1.34. The number of amides is 3. The highest BCUT2D eigenvalue weighted by Crippen LogP contribution is 2.31. The van der Waals surface area contributed by atoms with Crippen molar-refractivity contribution in [2.75, 3.05) is 62.8 Å². The molecule has 0 spiro atoms. The van der Waals surface area contributed by atoms with Crippen molar-refractivity contribution in [3.63, 3.8) is 0 Å². The first-order valence-electron chi connectivity index (χ1n) is 9.53. The second kappa shape index (κ2) is 9.24. The molecule has 3 rings (SSSR count). The number of methoxy groups -OCH3 is 1. The number of cyclic esters (lactones) is 1. The van der Waals surface area contributed by atoms with Gasteiger partial charge in [0.2, 0.25) is 11.8 Å². The molecule has 0 bridgehead atoms. The van der Waals surface area contributed by atoms with Gasteiger partial charge in [-0.05, 0) is 0 Å². The highest BCUT2D eigenvalue weighted by Gasteiger charge is 2.34. The highest BCUT2D eigenvalue weighted by atomic mass is 19.1. The third-order valence-electron chi connectivity index (χ3n) is 4.98. The monoisotopic (exact) mass is 426 g/mol. The Labute approximate surface area is 172 Å². The van der Waals surface area contributed by atoms with Crippen molar-refractivity contribution in [2.45, 2.75) is 13.0 Å². The van der Waals surface area contributed by atoms with Gasteiger partial charge in [0, 0.05) is 52.3 Å². The van der Waals surface area contributed by atoms with E-state index in [4.69, 9.17) is 9.47 Å². The molecule has 0 aliphatic carbocycles. The summed E-state index contributed by atoms with van der Waals surface area (Å²) in [7, 11) is 1.43. The molecule has 9 nitrogen and oxygen atoms in total. The lowest BCUT2D eigenvalue weighted by Gasteiger charge is -2.36. The van der Waals surface area contributed by atoms with Crippen molar-refractivity contribution in [1.29, 1.82) is 0 Å². The largest absolute Gasteiger partial charge is 0.442 e. The van der Waals surface area contributed by atoms with Gasteiger partial charge in [0.05, 0.1) is 18.8 Å². The number of piperazine rings is 1. The minimum atomic E-state index is -0.806. The minimum Gasteiger partial charge on any atom is -0.442 e. The Morgan fingerprint density at radius 2 is 1.83 bits per heavy atom. The number of carbonyl (C=O) groups excluding carboxylic acids is 3. The SMILES string of the molecule is COCC(=O)N1CCN(c2c(F)cc(N3CC(CNC(C)=O)OC3=O)cc2F)CC1. The first-order chi connectivity index (χ1) is 14.3. The number of carbonyl (C=O) groups is 3. The highest BCUT2D eigenvalue weighted by molar-refractivity contribution is 5.90. The average molecular weight is 426 g/mol. The van der Waals surface area contributed by atoms with E-state index >= 15 is 0 Å². The normalized spacial score (nSPS) is 19.1. The molecule has 2 aliphatic rings. The lowest BCUT2D eigenvalue weighted by Crippen LogP contribution is -2.50. The van der Waals surface area contributed by atoms with Gasteiger partial charge in [-0.25, -0.2) is 13.6 Å². The average Bonchev–Trinajstić information content (AvgIpc) is 3.07. The van der Waals surface area contributed by atoms with Crippen molar-refractivity contribution in [3.05, 3.63) is 23.8 Å². The Hall–Kier alpha value is -2.95. The summed E-state index contributed by atoms with van der Waals surface area (Å²) in [4.78, 5) is 39.2. The van der Waals surface area contributed by atoms with Crippen molar-refractivity contribution >= 4 is 29.3 Å². The first kappa shape index (κ1) is 21.8. The lowest BCUT2D eigenvalue weighted by atomic mass is 10.2. The first-order valence-corrected chi connectivity index (χ1v) is 9.53. The van der Waals surface area contributed by atoms with Crippen LogP contribution in [0.4, 0.5) is 25.0 Å². The molecular formula is C19H24F2N4O5. The van der Waals surface area contributed by atoms with Crippen molar-refractivity contribution in [2.24, 2.45) is 0 Å². The van der Waals surface area contributed by atoms with Gasteiger partial charge in [-0.1, -0.05) is 0 Å². The summed E-state index contributed by atoms with van der Waals surface area (Å²) in [5.41, 5.74) is -0.155. The van der Waals surface area contributed by atoms with Gasteiger partial charge in [0.1, 0.15) is 18.4 Å². The lowest BCUT2D eigenvalue weighted by molar-refractivity contribution is -0.135. The maximum atomic E-state index is 14.8. The molecule has 1 N–H and O–H groups in total. The quantitative estimate of drug-likeness (QED) is 0.721. The molecule has 164 valence electrons. The molecule has 11 heteroatoms. The summed E-state index contributed by atoms with van der Waals surface area (Å²) in [5, 5.41) is 2.54. The maximum Gasteiger partial charge on any atom is 0.414 e. The Balaban J connectivity index is 1.68. The minimum absolute atomic E-state index is 0.0354. The van der Waals surface area contributed by atoms with E-state index in [2.05, 4.69) is 5.32 Å². The van der Waals surface area contributed by atoms with E-state index in [-0.39, 0.29) is 56.0 Å². The summed E-state index contributed by atoms with van der Waals surface area (Å²) in [6.45, 7) is 2.68. The number of rotatable bonds is 6. The summed E-state index contributed by atoms with van der Waals surface area (Å²) in [6, 6.07) is 2.17. The smallest absolute Gasteiger partial charge is 0.414 e. The fourth-order valence-electron chi connectivity index (χ4n) is 3.50. The summed E-state index contributed by atoms with van der Waals surface area (Å²) < 4.78 is 39.5. The molecule has 1 aromatic carbocycles. The van der Waals surface area contributed by atoms with Crippen LogP contribution in [0.3, 0.4) is 0 Å². The molecule has 1 unspecified atom stereocenters. The number of hydrogen-bond donors (Lipinski definition) is 1. The van der Waals surface area contributed by atoms with E-state index in [9.17, 15) is 23.2 Å². The molecule has 3 amide bonds. The number of hydrogen-bond acceptors (Lipinski definition) is 6. The standard InChI is InChI=1S/C19H24F2N4O5/c1-12(26)22-9-14-10-25(19(28)30-14)13-7-15(20)18(16(21)8-13)24-5-3-23(4-6-24)17(27)11-29-2/h7-8,14H,3-6,9-11H2,1-2H3,(H,22,26). The third-order valence-corrected chi connectivity index (χ3v) is 4.98. The second-order valence-electron chi connectivity index (χ2n) is 7.11. The van der Waals surface area contributed by atoms with E-state index in [1.807, 2.05) is 0 Å². The Morgan fingerprint density at radius 3 is 2.40 bits per heavy atom. The molecule has 0 saturated carbocycles. The molecule has 2 heterocycles. The Kier molecular flexibility index (Phi) is 6.70. The number of halogens is 2. The third kappa shape index (κ3) is 4.78. The van der Waals surface area contributed by atoms with Gasteiger partial charge in [0.15, 0.2) is 11.6 Å². The zero-order chi connectivity index (χ0) is 21.8. The molecular weight excluding hydrogens is 402 g/mol. The van der Waals surface area contributed by atoms with Crippen LogP contribution in [0.15, 0.2) is 12.1 Å². The van der Waals surface area contributed by atoms with E-state index in [0.29, 0.717) is 13.1 Å². The van der Waals surface area contributed by atoms with Gasteiger partial charge >= 0.3 is 6.09 Å². The van der Waals surface area contributed by atoms with Crippen LogP contribution in [0.25, 0.3) is 0 Å². The van der Waals surface area contributed by atoms with Gasteiger partial charge in [-0.15, -0.1) is 0 Å². The number of nitrogens with zero attached hydrogens (tertiary/aromatic N) is 3. The van der Waals surface area contributed by atoms with Gasteiger partial charge in [-0.2, -0.15) is 0 Å². The van der Waals surface area contributed by atoms with E-state index in [0.717, 1.165) is 17.0 Å². The topological polar surface area (TPSA) is 91.4 Å². The predicted octanol–water partition coefficient (Wildman–Crippen LogP) is 0.721. The molecule has 30 heavy (non-hydrogen) atoms. The maximum absolute atomic E-state index is 14.8. The number of nitrogens with one attached hydrogen (secondary N) is 1. The molecule has 2 aliphatic heterocycles. The molecule has 0 radical (unpaired) electrons. The Morgan fingerprint density at radius 1 is 1.20 bits per heavy atom. The number of anilines is 2. The van der Waals surface area contributed by atoms with Crippen LogP contribution >= 0.6 is 0 Å². The van der Waals surface area contributed by atoms with Crippen LogP contribution in [0.1, 0.15) is 6.92 Å². The van der Waals surface area contributed by atoms with Crippen molar-refractivity contribution in [1.82, 2.24) is 10.2 Å². The fourth-order valence-corrected chi connectivity index (χ4v) is 3.50. The van der Waals surface area contributed by atoms with Crippen LogP contribution in [0.2, 0.25) is 0 Å². The van der Waals surface area contributed by atoms with Crippen molar-refractivity contribution < 1.29 is 32.6 Å². The zero-order valence-electron chi connectivity index (χ0n) is 16.8. The second-order valence-corrected chi connectivity index (χ2v) is 7.11. The van der Waals surface area contributed by atoms with E-state index in [1.165, 1.54) is 18.9 Å². The van der Waals surface area contributed by atoms with Crippen LogP contribution in [0.5, 0.6) is 0 Å². The Bertz CT molecular complexity index is 806. The van der Waals surface area contributed by atoms with Gasteiger partial charge in [-0.3, -0.25) is 14.5 Å². The van der Waals surface area contributed by atoms with Crippen LogP contribution < -0.4 is 15.1 Å². The van der Waals surface area contributed by atoms with Crippen LogP contribution in [-0.4, -0.2) is 81.9 Å². The predicted molar refractivity (Wildman–Crippen MR) is 103 cm³/mol. The summed E-state index contributed by atoms with van der Waals surface area (Å²) in [5.74, 6) is -2.05. The summed E-state index contributed by atoms with van der Waals surface area (Å²) >= 11 is 0. The van der Waals surface area contributed by atoms with E-state index in [1.54, 1.807) is 4.90 Å². The van der Waals surface area contributed by atoms with Crippen LogP contribution in [0, 0.1) is 11.6 Å². The van der Waals surface area contributed by atoms with Gasteiger partial charge < -0.3 is 24.6 Å². The molecule has 1 aromatic rings. The van der Waals surface area contributed by atoms with Crippen molar-refractivity contribution in [3.8, 4) is 0 Å². The number of ether oxygens (including phenoxy) is 2. The zero-order valence-corrected chi connectivity index (χ0v) is 16.8. The van der Waals surface area contributed by atoms with Gasteiger partial charge in [0.25, 0.3) is 0 Å². The molecule has 0 aromatic heterocycles. The van der Waals surface area contributed by atoms with E-state index < -0.39 is 23.8 Å². The van der Waals surface area contributed by atoms with Crippen LogP contribution in [-0.2, 0) is 19.1 Å². The fraction of sp³-hybridized carbons (Fsp3) is 0.526. The molecule has 2 saturated heterocycles. The molecule has 1 atom stereocenters. The molecule has 2 fully saturated rings. The number of benzene rings is 1.